The molecule has 3 rings (SSSR count). The van der Waals surface area contributed by atoms with Crippen LogP contribution in [0.4, 0.5) is 8.78 Å². The summed E-state index contributed by atoms with van der Waals surface area (Å²) in [5, 5.41) is 49.9. The van der Waals surface area contributed by atoms with E-state index in [0.717, 1.165) is 0 Å². The Labute approximate surface area is 166 Å². The number of nitrogens with zero attached hydrogens (tertiary/aromatic N) is 1. The van der Waals surface area contributed by atoms with Gasteiger partial charge < -0.3 is 25.5 Å². The van der Waals surface area contributed by atoms with Crippen LogP contribution in [0.5, 0.6) is 0 Å². The molecule has 2 aromatic rings. The maximum Gasteiger partial charge on any atom is 0.136 e. The zero-order valence-corrected chi connectivity index (χ0v) is 15.4. The molecule has 1 fully saturated rings. The zero-order chi connectivity index (χ0) is 21.1. The second-order valence-electron chi connectivity index (χ2n) is 6.96. The standard InChI is InChI=1S/C21H23F2NO5/c22-14-5-1-12(2-6-14)16(13-3-7-15(23)8-4-13)9-10-24-17(11-25)18(26)19(27)20(28)21(24)29/h1-9,17-21,25-29H,10-11H2/t17-,18-,19+,20-,21?/m1/s1. The Morgan fingerprint density at radius 1 is 0.793 bits per heavy atom. The van der Waals surface area contributed by atoms with Gasteiger partial charge in [0.1, 0.15) is 36.2 Å². The fourth-order valence-corrected chi connectivity index (χ4v) is 3.51. The first-order chi connectivity index (χ1) is 13.8. The van der Waals surface area contributed by atoms with Gasteiger partial charge in [-0.25, -0.2) is 8.78 Å². The van der Waals surface area contributed by atoms with Crippen molar-refractivity contribution in [2.45, 2.75) is 30.6 Å². The molecule has 8 heteroatoms. The number of rotatable bonds is 5. The van der Waals surface area contributed by atoms with E-state index in [4.69, 9.17) is 0 Å². The molecule has 0 aromatic heterocycles. The average molecular weight is 407 g/mol. The fraction of sp³-hybridized carbons (Fsp3) is 0.333. The molecule has 0 amide bonds. The fourth-order valence-electron chi connectivity index (χ4n) is 3.51. The van der Waals surface area contributed by atoms with Gasteiger partial charge in [0.05, 0.1) is 12.6 Å². The van der Waals surface area contributed by atoms with Crippen molar-refractivity contribution in [2.24, 2.45) is 0 Å². The molecule has 5 N–H and O–H groups in total. The van der Waals surface area contributed by atoms with Crippen LogP contribution in [0, 0.1) is 11.6 Å². The summed E-state index contributed by atoms with van der Waals surface area (Å²) in [5.41, 5.74) is 1.86. The van der Waals surface area contributed by atoms with Gasteiger partial charge in [-0.05, 0) is 41.0 Å². The predicted molar refractivity (Wildman–Crippen MR) is 101 cm³/mol. The second kappa shape index (κ2) is 9.08. The lowest BCUT2D eigenvalue weighted by Gasteiger charge is -2.46. The van der Waals surface area contributed by atoms with E-state index in [-0.39, 0.29) is 6.54 Å². The molecule has 0 bridgehead atoms. The van der Waals surface area contributed by atoms with Gasteiger partial charge in [0.25, 0.3) is 0 Å². The lowest BCUT2D eigenvalue weighted by molar-refractivity contribution is -0.219. The number of likely N-dealkylation sites (tertiary alicyclic amines) is 1. The third-order valence-electron chi connectivity index (χ3n) is 5.17. The van der Waals surface area contributed by atoms with Crippen LogP contribution in [0.15, 0.2) is 54.6 Å². The maximum atomic E-state index is 13.3. The van der Waals surface area contributed by atoms with Crippen molar-refractivity contribution in [1.29, 1.82) is 0 Å². The predicted octanol–water partition coefficient (Wildman–Crippen LogP) is 0.474. The van der Waals surface area contributed by atoms with Gasteiger partial charge in [0, 0.05) is 6.54 Å². The molecule has 0 radical (unpaired) electrons. The summed E-state index contributed by atoms with van der Waals surface area (Å²) in [7, 11) is 0. The zero-order valence-electron chi connectivity index (χ0n) is 15.4. The molecule has 156 valence electrons. The van der Waals surface area contributed by atoms with Crippen LogP contribution in [-0.2, 0) is 0 Å². The topological polar surface area (TPSA) is 104 Å². The van der Waals surface area contributed by atoms with Crippen molar-refractivity contribution in [3.63, 3.8) is 0 Å². The van der Waals surface area contributed by atoms with E-state index in [1.807, 2.05) is 0 Å². The van der Waals surface area contributed by atoms with Crippen LogP contribution in [0.25, 0.3) is 5.57 Å². The highest BCUT2D eigenvalue weighted by Gasteiger charge is 2.46. The summed E-state index contributed by atoms with van der Waals surface area (Å²) in [4.78, 5) is 1.26. The van der Waals surface area contributed by atoms with E-state index in [0.29, 0.717) is 16.7 Å². The van der Waals surface area contributed by atoms with Gasteiger partial charge >= 0.3 is 0 Å². The highest BCUT2D eigenvalue weighted by Crippen LogP contribution is 2.27. The number of benzene rings is 2. The quantitative estimate of drug-likeness (QED) is 0.494. The molecule has 29 heavy (non-hydrogen) atoms. The molecule has 1 aliphatic rings. The van der Waals surface area contributed by atoms with E-state index in [1.165, 1.54) is 29.2 Å². The minimum absolute atomic E-state index is 0.0165. The van der Waals surface area contributed by atoms with E-state index in [9.17, 15) is 34.3 Å². The monoisotopic (exact) mass is 407 g/mol. The Balaban J connectivity index is 1.97. The summed E-state index contributed by atoms with van der Waals surface area (Å²) >= 11 is 0. The van der Waals surface area contributed by atoms with Gasteiger partial charge in [-0.3, -0.25) is 4.90 Å². The van der Waals surface area contributed by atoms with E-state index in [2.05, 4.69) is 0 Å². The molecule has 1 aliphatic heterocycles. The molecule has 0 aliphatic carbocycles. The lowest BCUT2D eigenvalue weighted by Crippen LogP contribution is -2.67. The molecule has 6 nitrogen and oxygen atoms in total. The maximum absolute atomic E-state index is 13.3. The Morgan fingerprint density at radius 3 is 1.72 bits per heavy atom. The van der Waals surface area contributed by atoms with Crippen molar-refractivity contribution in [2.75, 3.05) is 13.2 Å². The highest BCUT2D eigenvalue weighted by atomic mass is 19.1. The molecule has 0 spiro atoms. The first kappa shape index (κ1) is 21.5. The third kappa shape index (κ3) is 4.53. The minimum atomic E-state index is -1.62. The summed E-state index contributed by atoms with van der Waals surface area (Å²) in [5.74, 6) is -0.835. The summed E-state index contributed by atoms with van der Waals surface area (Å²) in [6.07, 6.45) is -4.56. The molecular weight excluding hydrogens is 384 g/mol. The molecular formula is C21H23F2NO5. The molecule has 0 saturated carbocycles. The van der Waals surface area contributed by atoms with Gasteiger partial charge in [-0.2, -0.15) is 0 Å². The van der Waals surface area contributed by atoms with E-state index < -0.39 is 48.8 Å². The highest BCUT2D eigenvalue weighted by molar-refractivity contribution is 5.79. The average Bonchev–Trinajstić information content (AvgIpc) is 2.72. The summed E-state index contributed by atoms with van der Waals surface area (Å²) in [6, 6.07) is 10.3. The number of piperidine rings is 1. The molecule has 5 atom stereocenters. The third-order valence-corrected chi connectivity index (χ3v) is 5.17. The van der Waals surface area contributed by atoms with E-state index in [1.54, 1.807) is 30.3 Å². The lowest BCUT2D eigenvalue weighted by atomic mass is 9.92. The van der Waals surface area contributed by atoms with Crippen molar-refractivity contribution in [3.8, 4) is 0 Å². The Kier molecular flexibility index (Phi) is 6.74. The Hall–Kier alpha value is -2.20. The van der Waals surface area contributed by atoms with Crippen molar-refractivity contribution in [3.05, 3.63) is 77.4 Å². The number of hydrogen-bond acceptors (Lipinski definition) is 6. The first-order valence-electron chi connectivity index (χ1n) is 9.14. The normalized spacial score (nSPS) is 27.6. The van der Waals surface area contributed by atoms with E-state index >= 15 is 0 Å². The van der Waals surface area contributed by atoms with Crippen LogP contribution >= 0.6 is 0 Å². The number of aliphatic hydroxyl groups is 5. The van der Waals surface area contributed by atoms with Gasteiger partial charge in [0.2, 0.25) is 0 Å². The van der Waals surface area contributed by atoms with Crippen LogP contribution in [-0.4, -0.2) is 74.2 Å². The van der Waals surface area contributed by atoms with Crippen molar-refractivity contribution < 1.29 is 34.3 Å². The summed E-state index contributed by atoms with van der Waals surface area (Å²) in [6.45, 7) is -0.574. The molecule has 1 saturated heterocycles. The van der Waals surface area contributed by atoms with Gasteiger partial charge in [0.15, 0.2) is 0 Å². The largest absolute Gasteiger partial charge is 0.395 e. The number of hydrogen-bond donors (Lipinski definition) is 5. The SMILES string of the molecule is OC[C@@H]1[C@@H](O)[C@H](O)[C@@H](O)C(O)N1CC=C(c1ccc(F)cc1)c1ccc(F)cc1. The summed E-state index contributed by atoms with van der Waals surface area (Å²) < 4.78 is 26.7. The van der Waals surface area contributed by atoms with Gasteiger partial charge in [-0.15, -0.1) is 0 Å². The smallest absolute Gasteiger partial charge is 0.136 e. The van der Waals surface area contributed by atoms with Crippen molar-refractivity contribution in [1.82, 2.24) is 4.90 Å². The molecule has 1 heterocycles. The molecule has 2 aromatic carbocycles. The van der Waals surface area contributed by atoms with Crippen LogP contribution < -0.4 is 0 Å². The minimum Gasteiger partial charge on any atom is -0.395 e. The first-order valence-corrected chi connectivity index (χ1v) is 9.14. The second-order valence-corrected chi connectivity index (χ2v) is 6.96. The number of halogens is 2. The van der Waals surface area contributed by atoms with Crippen LogP contribution in [0.3, 0.4) is 0 Å². The van der Waals surface area contributed by atoms with Crippen LogP contribution in [0.2, 0.25) is 0 Å². The number of aliphatic hydroxyl groups excluding tert-OH is 5. The van der Waals surface area contributed by atoms with Gasteiger partial charge in [-0.1, -0.05) is 30.3 Å². The van der Waals surface area contributed by atoms with Crippen molar-refractivity contribution >= 4 is 5.57 Å². The molecule has 1 unspecified atom stereocenters. The Morgan fingerprint density at radius 2 is 1.28 bits per heavy atom. The van der Waals surface area contributed by atoms with Crippen LogP contribution in [0.1, 0.15) is 11.1 Å². The Bertz CT molecular complexity index is 796.